The summed E-state index contributed by atoms with van der Waals surface area (Å²) in [6.45, 7) is 11.9. The van der Waals surface area contributed by atoms with E-state index in [4.69, 9.17) is 0 Å². The number of imide groups is 1. The quantitative estimate of drug-likeness (QED) is 0.417. The number of nitrogens with zero attached hydrogens (tertiary/aromatic N) is 2. The number of urea groups is 1. The molecule has 0 unspecified atom stereocenters. The molecule has 0 bridgehead atoms. The Labute approximate surface area is 155 Å². The van der Waals surface area contributed by atoms with Gasteiger partial charge in [0.1, 0.15) is 5.54 Å². The molecule has 1 aromatic heterocycles. The molecule has 2 rings (SSSR count). The lowest BCUT2D eigenvalue weighted by Crippen LogP contribution is -2.47. The van der Waals surface area contributed by atoms with Crippen molar-refractivity contribution >= 4 is 17.7 Å². The number of carbonyl (C=O) groups excluding carboxylic acids is 3. The summed E-state index contributed by atoms with van der Waals surface area (Å²) in [5.41, 5.74) is 1.47. The molecule has 3 amide bonds. The Morgan fingerprint density at radius 2 is 1.85 bits per heavy atom. The van der Waals surface area contributed by atoms with E-state index in [2.05, 4.69) is 11.9 Å². The maximum Gasteiger partial charge on any atom is 0.325 e. The third-order valence-electron chi connectivity index (χ3n) is 5.09. The van der Waals surface area contributed by atoms with Crippen LogP contribution in [0.2, 0.25) is 0 Å². The average Bonchev–Trinajstić information content (AvgIpc) is 2.99. The molecule has 6 heteroatoms. The average molecular weight is 359 g/mol. The van der Waals surface area contributed by atoms with Crippen molar-refractivity contribution in [1.29, 1.82) is 0 Å². The van der Waals surface area contributed by atoms with Crippen LogP contribution >= 0.6 is 0 Å². The Morgan fingerprint density at radius 1 is 1.23 bits per heavy atom. The molecule has 0 aliphatic carbocycles. The van der Waals surface area contributed by atoms with E-state index in [0.717, 1.165) is 29.1 Å². The van der Waals surface area contributed by atoms with E-state index in [0.29, 0.717) is 24.9 Å². The number of ketones is 1. The predicted octanol–water partition coefficient (Wildman–Crippen LogP) is 3.36. The topological polar surface area (TPSA) is 71.4 Å². The van der Waals surface area contributed by atoms with Crippen LogP contribution in [-0.4, -0.2) is 39.3 Å². The number of aromatic nitrogens is 1. The summed E-state index contributed by atoms with van der Waals surface area (Å²) in [5, 5.41) is 2.84. The first-order chi connectivity index (χ1) is 12.3. The summed E-state index contributed by atoms with van der Waals surface area (Å²) in [5.74, 6) is -0.500. The highest BCUT2D eigenvalue weighted by atomic mass is 16.2. The van der Waals surface area contributed by atoms with Gasteiger partial charge in [-0.05, 0) is 32.8 Å². The van der Waals surface area contributed by atoms with Crippen LogP contribution < -0.4 is 5.32 Å². The maximum absolute atomic E-state index is 12.9. The van der Waals surface area contributed by atoms with E-state index in [-0.39, 0.29) is 18.2 Å². The molecule has 0 spiro atoms. The second-order valence-corrected chi connectivity index (χ2v) is 7.01. The Kier molecular flexibility index (Phi) is 6.05. The van der Waals surface area contributed by atoms with Crippen LogP contribution in [-0.2, 0) is 11.3 Å². The molecule has 142 valence electrons. The third-order valence-corrected chi connectivity index (χ3v) is 5.09. The van der Waals surface area contributed by atoms with Gasteiger partial charge in [0.15, 0.2) is 5.78 Å². The van der Waals surface area contributed by atoms with Crippen LogP contribution in [0.25, 0.3) is 0 Å². The van der Waals surface area contributed by atoms with E-state index >= 15 is 0 Å². The van der Waals surface area contributed by atoms with Gasteiger partial charge in [-0.1, -0.05) is 32.8 Å². The van der Waals surface area contributed by atoms with Gasteiger partial charge in [-0.3, -0.25) is 14.5 Å². The van der Waals surface area contributed by atoms with E-state index < -0.39 is 11.6 Å². The molecule has 1 aromatic rings. The van der Waals surface area contributed by atoms with Crippen molar-refractivity contribution < 1.29 is 14.4 Å². The molecule has 1 fully saturated rings. The highest BCUT2D eigenvalue weighted by molar-refractivity contribution is 6.11. The number of hydrogen-bond acceptors (Lipinski definition) is 3. The lowest BCUT2D eigenvalue weighted by Gasteiger charge is -2.25. The van der Waals surface area contributed by atoms with Gasteiger partial charge >= 0.3 is 6.03 Å². The van der Waals surface area contributed by atoms with Crippen LogP contribution in [0.15, 0.2) is 18.7 Å². The SMILES string of the molecule is C=CCn1c(C)cc(C(=O)CN2C(=O)NC(CCC)(CCC)C2=O)c1C. The van der Waals surface area contributed by atoms with E-state index in [1.54, 1.807) is 6.08 Å². The second-order valence-electron chi connectivity index (χ2n) is 7.01. The summed E-state index contributed by atoms with van der Waals surface area (Å²) >= 11 is 0. The van der Waals surface area contributed by atoms with Gasteiger partial charge in [0.25, 0.3) is 5.91 Å². The number of amides is 3. The van der Waals surface area contributed by atoms with Crippen LogP contribution in [0.4, 0.5) is 4.79 Å². The second kappa shape index (κ2) is 7.89. The van der Waals surface area contributed by atoms with E-state index in [9.17, 15) is 14.4 Å². The summed E-state index contributed by atoms with van der Waals surface area (Å²) < 4.78 is 1.99. The first-order valence-electron chi connectivity index (χ1n) is 9.26. The fraction of sp³-hybridized carbons (Fsp3) is 0.550. The fourth-order valence-electron chi connectivity index (χ4n) is 3.86. The minimum absolute atomic E-state index is 0.222. The third kappa shape index (κ3) is 3.45. The van der Waals surface area contributed by atoms with Crippen LogP contribution in [0.5, 0.6) is 0 Å². The number of Topliss-reactive ketones (excluding diaryl/α,β-unsaturated/α-hetero) is 1. The molecule has 1 aliphatic rings. The van der Waals surface area contributed by atoms with Crippen molar-refractivity contribution in [3.8, 4) is 0 Å². The van der Waals surface area contributed by atoms with Crippen molar-refractivity contribution in [2.45, 2.75) is 65.5 Å². The smallest absolute Gasteiger partial charge is 0.325 e. The monoisotopic (exact) mass is 359 g/mol. The number of rotatable bonds is 9. The first kappa shape index (κ1) is 19.9. The van der Waals surface area contributed by atoms with Crippen LogP contribution in [0.1, 0.15) is 61.3 Å². The van der Waals surface area contributed by atoms with Crippen molar-refractivity contribution in [3.63, 3.8) is 0 Å². The summed E-state index contributed by atoms with van der Waals surface area (Å²) in [6, 6.07) is 1.34. The van der Waals surface area contributed by atoms with Crippen LogP contribution in [0.3, 0.4) is 0 Å². The molecule has 0 atom stereocenters. The predicted molar refractivity (Wildman–Crippen MR) is 101 cm³/mol. The Bertz CT molecular complexity index is 727. The number of nitrogens with one attached hydrogen (secondary N) is 1. The number of allylic oxidation sites excluding steroid dienone is 1. The molecular formula is C20H29N3O3. The largest absolute Gasteiger partial charge is 0.345 e. The molecule has 0 aromatic carbocycles. The molecule has 26 heavy (non-hydrogen) atoms. The Hall–Kier alpha value is -2.37. The lowest BCUT2D eigenvalue weighted by atomic mass is 9.88. The molecule has 6 nitrogen and oxygen atoms in total. The zero-order valence-electron chi connectivity index (χ0n) is 16.2. The number of aryl methyl sites for hydroxylation is 1. The normalized spacial score (nSPS) is 16.1. The molecule has 0 saturated carbocycles. The first-order valence-corrected chi connectivity index (χ1v) is 9.26. The summed E-state index contributed by atoms with van der Waals surface area (Å²) in [6.07, 6.45) is 4.52. The summed E-state index contributed by atoms with van der Waals surface area (Å²) in [4.78, 5) is 39.2. The number of carbonyl (C=O) groups is 3. The van der Waals surface area contributed by atoms with Crippen molar-refractivity contribution in [2.24, 2.45) is 0 Å². The minimum Gasteiger partial charge on any atom is -0.345 e. The van der Waals surface area contributed by atoms with E-state index in [1.165, 1.54) is 0 Å². The zero-order valence-corrected chi connectivity index (χ0v) is 16.2. The lowest BCUT2D eigenvalue weighted by molar-refractivity contribution is -0.131. The molecule has 1 N–H and O–H groups in total. The van der Waals surface area contributed by atoms with Gasteiger partial charge in [-0.25, -0.2) is 4.79 Å². The Morgan fingerprint density at radius 3 is 2.38 bits per heavy atom. The molecule has 0 radical (unpaired) electrons. The molecular weight excluding hydrogens is 330 g/mol. The standard InChI is InChI=1S/C20H29N3O3/c1-6-9-20(10-7-2)18(25)23(19(26)21-20)13-17(24)16-12-14(4)22(11-8-3)15(16)5/h8,12H,3,6-7,9-11,13H2,1-2,4-5H3,(H,21,26). The van der Waals surface area contributed by atoms with Gasteiger partial charge in [0, 0.05) is 23.5 Å². The van der Waals surface area contributed by atoms with Crippen molar-refractivity contribution in [2.75, 3.05) is 6.54 Å². The number of hydrogen-bond donors (Lipinski definition) is 1. The molecule has 1 saturated heterocycles. The van der Waals surface area contributed by atoms with Gasteiger partial charge in [0.05, 0.1) is 6.54 Å². The maximum atomic E-state index is 12.9. The zero-order chi connectivity index (χ0) is 19.5. The van der Waals surface area contributed by atoms with Gasteiger partial charge in [-0.15, -0.1) is 6.58 Å². The Balaban J connectivity index is 2.24. The van der Waals surface area contributed by atoms with Gasteiger partial charge in [0.2, 0.25) is 0 Å². The fourth-order valence-corrected chi connectivity index (χ4v) is 3.86. The van der Waals surface area contributed by atoms with E-state index in [1.807, 2.05) is 38.3 Å². The highest BCUT2D eigenvalue weighted by Gasteiger charge is 2.50. The van der Waals surface area contributed by atoms with Gasteiger partial charge in [-0.2, -0.15) is 0 Å². The van der Waals surface area contributed by atoms with Gasteiger partial charge < -0.3 is 9.88 Å². The highest BCUT2D eigenvalue weighted by Crippen LogP contribution is 2.28. The molecule has 2 heterocycles. The minimum atomic E-state index is -0.861. The molecule has 1 aliphatic heterocycles. The summed E-state index contributed by atoms with van der Waals surface area (Å²) in [7, 11) is 0. The van der Waals surface area contributed by atoms with Crippen molar-refractivity contribution in [3.05, 3.63) is 35.7 Å². The van der Waals surface area contributed by atoms with Crippen LogP contribution in [0, 0.1) is 13.8 Å². The van der Waals surface area contributed by atoms with Crippen molar-refractivity contribution in [1.82, 2.24) is 14.8 Å².